The first-order chi connectivity index (χ1) is 8.58. The van der Waals surface area contributed by atoms with Gasteiger partial charge < -0.3 is 10.0 Å². The van der Waals surface area contributed by atoms with Crippen LogP contribution in [0, 0.1) is 0 Å². The molecule has 0 aliphatic carbocycles. The van der Waals surface area contributed by atoms with Crippen LogP contribution in [0.25, 0.3) is 10.8 Å². The number of aliphatic hydroxyl groups is 1. The number of nitrogens with zero attached hydrogens (tertiary/aromatic N) is 1. The van der Waals surface area contributed by atoms with Gasteiger partial charge in [0.15, 0.2) is 0 Å². The van der Waals surface area contributed by atoms with E-state index in [0.29, 0.717) is 12.1 Å². The van der Waals surface area contributed by atoms with Gasteiger partial charge in [0, 0.05) is 19.2 Å². The summed E-state index contributed by atoms with van der Waals surface area (Å²) < 4.78 is 0. The van der Waals surface area contributed by atoms with E-state index in [1.54, 1.807) is 14.0 Å². The summed E-state index contributed by atoms with van der Waals surface area (Å²) in [5.41, 5.74) is 0.650. The number of carbonyl (C=O) groups is 1. The highest BCUT2D eigenvalue weighted by molar-refractivity contribution is 5.98. The lowest BCUT2D eigenvalue weighted by Crippen LogP contribution is -2.32. The number of amides is 1. The molecule has 94 valence electrons. The minimum Gasteiger partial charge on any atom is -0.392 e. The standard InChI is InChI=1S/C15H17NO2/c1-11(17)10-16(2)15(18)14-8-7-12-5-3-4-6-13(12)9-14/h3-9,11,17H,10H2,1-2H3. The van der Waals surface area contributed by atoms with Crippen LogP contribution in [0.1, 0.15) is 17.3 Å². The van der Waals surface area contributed by atoms with Gasteiger partial charge in [-0.1, -0.05) is 30.3 Å². The molecule has 18 heavy (non-hydrogen) atoms. The molecule has 2 aromatic carbocycles. The molecule has 2 rings (SSSR count). The van der Waals surface area contributed by atoms with E-state index in [0.717, 1.165) is 10.8 Å². The van der Waals surface area contributed by atoms with Gasteiger partial charge in [0.2, 0.25) is 0 Å². The summed E-state index contributed by atoms with van der Waals surface area (Å²) in [6, 6.07) is 13.6. The summed E-state index contributed by atoms with van der Waals surface area (Å²) in [4.78, 5) is 13.7. The number of carbonyl (C=O) groups excluding carboxylic acids is 1. The first-order valence-corrected chi connectivity index (χ1v) is 6.00. The van der Waals surface area contributed by atoms with Gasteiger partial charge in [0.1, 0.15) is 0 Å². The van der Waals surface area contributed by atoms with Crippen molar-refractivity contribution in [2.24, 2.45) is 0 Å². The summed E-state index contributed by atoms with van der Waals surface area (Å²) in [6.45, 7) is 2.01. The maximum atomic E-state index is 12.1. The molecule has 0 aliphatic heterocycles. The van der Waals surface area contributed by atoms with Crippen LogP contribution in [0.3, 0.4) is 0 Å². The Kier molecular flexibility index (Phi) is 3.63. The molecule has 3 heteroatoms. The summed E-state index contributed by atoms with van der Waals surface area (Å²) in [5, 5.41) is 11.5. The number of aliphatic hydroxyl groups excluding tert-OH is 1. The number of benzene rings is 2. The van der Waals surface area contributed by atoms with Gasteiger partial charge in [-0.25, -0.2) is 0 Å². The first-order valence-electron chi connectivity index (χ1n) is 6.00. The Bertz CT molecular complexity index is 563. The normalized spacial score (nSPS) is 12.4. The maximum absolute atomic E-state index is 12.1. The van der Waals surface area contributed by atoms with E-state index in [2.05, 4.69) is 0 Å². The molecule has 0 heterocycles. The van der Waals surface area contributed by atoms with Crippen molar-refractivity contribution < 1.29 is 9.90 Å². The number of rotatable bonds is 3. The predicted molar refractivity (Wildman–Crippen MR) is 72.6 cm³/mol. The maximum Gasteiger partial charge on any atom is 0.253 e. The lowest BCUT2D eigenvalue weighted by molar-refractivity contribution is 0.0704. The number of likely N-dealkylation sites (N-methyl/N-ethyl adjacent to an activating group) is 1. The van der Waals surface area contributed by atoms with Crippen LogP contribution in [0.5, 0.6) is 0 Å². The van der Waals surface area contributed by atoms with Crippen LogP contribution in [0.15, 0.2) is 42.5 Å². The molecule has 1 N–H and O–H groups in total. The summed E-state index contributed by atoms with van der Waals surface area (Å²) in [7, 11) is 1.70. The predicted octanol–water partition coefficient (Wildman–Crippen LogP) is 2.29. The Morgan fingerprint density at radius 2 is 1.89 bits per heavy atom. The van der Waals surface area contributed by atoms with Crippen LogP contribution in [-0.2, 0) is 0 Å². The third kappa shape index (κ3) is 2.68. The molecule has 0 saturated heterocycles. The first kappa shape index (κ1) is 12.6. The van der Waals surface area contributed by atoms with E-state index < -0.39 is 6.10 Å². The minimum atomic E-state index is -0.514. The largest absolute Gasteiger partial charge is 0.392 e. The average molecular weight is 243 g/mol. The van der Waals surface area contributed by atoms with Crippen LogP contribution < -0.4 is 0 Å². The topological polar surface area (TPSA) is 40.5 Å². The molecule has 2 aromatic rings. The number of hydrogen-bond acceptors (Lipinski definition) is 2. The molecule has 1 amide bonds. The van der Waals surface area contributed by atoms with E-state index >= 15 is 0 Å². The van der Waals surface area contributed by atoms with E-state index in [4.69, 9.17) is 0 Å². The van der Waals surface area contributed by atoms with Gasteiger partial charge in [-0.05, 0) is 29.8 Å². The van der Waals surface area contributed by atoms with Crippen LogP contribution >= 0.6 is 0 Å². The summed E-state index contributed by atoms with van der Waals surface area (Å²) in [6.07, 6.45) is -0.514. The zero-order valence-corrected chi connectivity index (χ0v) is 10.6. The fraction of sp³-hybridized carbons (Fsp3) is 0.267. The molecule has 1 atom stereocenters. The Labute approximate surface area is 107 Å². The van der Waals surface area contributed by atoms with Gasteiger partial charge in [0.25, 0.3) is 5.91 Å². The lowest BCUT2D eigenvalue weighted by atomic mass is 10.1. The zero-order chi connectivity index (χ0) is 13.1. The SMILES string of the molecule is CC(O)CN(C)C(=O)c1ccc2ccccc2c1. The summed E-state index contributed by atoms with van der Waals surface area (Å²) in [5.74, 6) is -0.0679. The summed E-state index contributed by atoms with van der Waals surface area (Å²) >= 11 is 0. The minimum absolute atomic E-state index is 0.0679. The molecule has 0 saturated carbocycles. The van der Waals surface area contributed by atoms with Crippen molar-refractivity contribution in [1.82, 2.24) is 4.90 Å². The van der Waals surface area contributed by atoms with E-state index in [9.17, 15) is 9.90 Å². The zero-order valence-electron chi connectivity index (χ0n) is 10.6. The van der Waals surface area contributed by atoms with Crippen molar-refractivity contribution in [1.29, 1.82) is 0 Å². The highest BCUT2D eigenvalue weighted by Gasteiger charge is 2.13. The van der Waals surface area contributed by atoms with Crippen molar-refractivity contribution in [3.63, 3.8) is 0 Å². The second-order valence-electron chi connectivity index (χ2n) is 4.60. The third-order valence-electron chi connectivity index (χ3n) is 2.88. The second kappa shape index (κ2) is 5.19. The van der Waals surface area contributed by atoms with Crippen molar-refractivity contribution in [2.75, 3.05) is 13.6 Å². The second-order valence-corrected chi connectivity index (χ2v) is 4.60. The molecule has 1 unspecified atom stereocenters. The van der Waals surface area contributed by atoms with E-state index in [-0.39, 0.29) is 5.91 Å². The molecule has 0 radical (unpaired) electrons. The molecular formula is C15H17NO2. The van der Waals surface area contributed by atoms with E-state index in [1.165, 1.54) is 4.90 Å². The highest BCUT2D eigenvalue weighted by atomic mass is 16.3. The number of hydrogen-bond donors (Lipinski definition) is 1. The Hall–Kier alpha value is -1.87. The van der Waals surface area contributed by atoms with Gasteiger partial charge in [-0.15, -0.1) is 0 Å². The van der Waals surface area contributed by atoms with Gasteiger partial charge in [-0.2, -0.15) is 0 Å². The highest BCUT2D eigenvalue weighted by Crippen LogP contribution is 2.16. The molecule has 3 nitrogen and oxygen atoms in total. The van der Waals surface area contributed by atoms with E-state index in [1.807, 2.05) is 42.5 Å². The van der Waals surface area contributed by atoms with Crippen LogP contribution in [0.2, 0.25) is 0 Å². The van der Waals surface area contributed by atoms with Gasteiger partial charge in [0.05, 0.1) is 6.10 Å². The molecule has 0 spiro atoms. The Morgan fingerprint density at radius 3 is 2.56 bits per heavy atom. The van der Waals surface area contributed by atoms with Crippen LogP contribution in [-0.4, -0.2) is 35.6 Å². The Balaban J connectivity index is 2.28. The molecule has 0 aromatic heterocycles. The third-order valence-corrected chi connectivity index (χ3v) is 2.88. The monoisotopic (exact) mass is 243 g/mol. The average Bonchev–Trinajstić information content (AvgIpc) is 2.36. The molecular weight excluding hydrogens is 226 g/mol. The van der Waals surface area contributed by atoms with Gasteiger partial charge >= 0.3 is 0 Å². The fourth-order valence-electron chi connectivity index (χ4n) is 2.02. The van der Waals surface area contributed by atoms with Crippen LogP contribution in [0.4, 0.5) is 0 Å². The number of fused-ring (bicyclic) bond motifs is 1. The lowest BCUT2D eigenvalue weighted by Gasteiger charge is -2.19. The smallest absolute Gasteiger partial charge is 0.253 e. The van der Waals surface area contributed by atoms with Crippen molar-refractivity contribution in [2.45, 2.75) is 13.0 Å². The van der Waals surface area contributed by atoms with Gasteiger partial charge in [-0.3, -0.25) is 4.79 Å². The van der Waals surface area contributed by atoms with Crippen molar-refractivity contribution in [3.05, 3.63) is 48.0 Å². The molecule has 0 fully saturated rings. The Morgan fingerprint density at radius 1 is 1.22 bits per heavy atom. The molecule has 0 bridgehead atoms. The fourth-order valence-corrected chi connectivity index (χ4v) is 2.02. The van der Waals surface area contributed by atoms with Crippen molar-refractivity contribution >= 4 is 16.7 Å². The quantitative estimate of drug-likeness (QED) is 0.898. The molecule has 0 aliphatic rings. The van der Waals surface area contributed by atoms with Crippen molar-refractivity contribution in [3.8, 4) is 0 Å².